The van der Waals surface area contributed by atoms with Crippen molar-refractivity contribution >= 4 is 56.8 Å². The molecule has 6 heteroatoms. The highest BCUT2D eigenvalue weighted by Gasteiger charge is 2.15. The normalized spacial score (nSPS) is 11.3. The van der Waals surface area contributed by atoms with Gasteiger partial charge in [-0.3, -0.25) is 0 Å². The van der Waals surface area contributed by atoms with Gasteiger partial charge in [-0.2, -0.15) is 8.75 Å². The summed E-state index contributed by atoms with van der Waals surface area (Å²) in [6, 6.07) is 17.2. The smallest absolute Gasteiger partial charge is 0.114 e. The van der Waals surface area contributed by atoms with Crippen LogP contribution in [0, 0.1) is 0 Å². The van der Waals surface area contributed by atoms with Crippen LogP contribution in [-0.2, 0) is 0 Å². The van der Waals surface area contributed by atoms with Gasteiger partial charge in [0.05, 0.1) is 11.7 Å². The Labute approximate surface area is 155 Å². The Morgan fingerprint density at radius 3 is 1.88 bits per heavy atom. The van der Waals surface area contributed by atoms with E-state index in [1.807, 2.05) is 11.3 Å². The lowest BCUT2D eigenvalue weighted by atomic mass is 10.1. The third-order valence-electron chi connectivity index (χ3n) is 3.84. The second kappa shape index (κ2) is 5.89. The third-order valence-corrected chi connectivity index (χ3v) is 7.45. The molecule has 0 atom stereocenters. The fourth-order valence-corrected chi connectivity index (χ4v) is 5.92. The first-order valence-corrected chi connectivity index (χ1v) is 10.6. The number of thiophene rings is 3. The zero-order chi connectivity index (χ0) is 15.9. The highest BCUT2D eigenvalue weighted by atomic mass is 32.1. The van der Waals surface area contributed by atoms with Gasteiger partial charge in [0, 0.05) is 30.6 Å². The van der Waals surface area contributed by atoms with Gasteiger partial charge < -0.3 is 0 Å². The van der Waals surface area contributed by atoms with Crippen molar-refractivity contribution in [3.05, 3.63) is 59.3 Å². The summed E-state index contributed by atoms with van der Waals surface area (Å²) in [6.07, 6.45) is 0. The zero-order valence-corrected chi connectivity index (χ0v) is 15.6. The minimum Gasteiger partial charge on any atom is -0.172 e. The van der Waals surface area contributed by atoms with E-state index in [1.165, 1.54) is 42.4 Å². The monoisotopic (exact) mass is 382 g/mol. The predicted molar refractivity (Wildman–Crippen MR) is 107 cm³/mol. The van der Waals surface area contributed by atoms with Crippen molar-refractivity contribution in [1.29, 1.82) is 0 Å². The second-order valence-electron chi connectivity index (χ2n) is 5.24. The lowest BCUT2D eigenvalue weighted by Gasteiger charge is -2.03. The minimum atomic E-state index is 1.01. The van der Waals surface area contributed by atoms with Crippen molar-refractivity contribution < 1.29 is 0 Å². The fraction of sp³-hybridized carbons (Fsp3) is 0. The van der Waals surface area contributed by atoms with E-state index in [9.17, 15) is 0 Å². The summed E-state index contributed by atoms with van der Waals surface area (Å²) in [5.41, 5.74) is 4.36. The van der Waals surface area contributed by atoms with Crippen molar-refractivity contribution in [1.82, 2.24) is 8.75 Å². The number of hydrogen-bond acceptors (Lipinski definition) is 6. The molecule has 1 aromatic carbocycles. The van der Waals surface area contributed by atoms with Gasteiger partial charge in [0.15, 0.2) is 0 Å². The molecule has 116 valence electrons. The van der Waals surface area contributed by atoms with Gasteiger partial charge in [-0.25, -0.2) is 0 Å². The van der Waals surface area contributed by atoms with E-state index in [1.54, 1.807) is 22.7 Å². The van der Waals surface area contributed by atoms with Crippen LogP contribution in [0.4, 0.5) is 0 Å². The van der Waals surface area contributed by atoms with E-state index < -0.39 is 0 Å². The topological polar surface area (TPSA) is 25.8 Å². The van der Waals surface area contributed by atoms with Crippen LogP contribution in [0.25, 0.3) is 41.7 Å². The summed E-state index contributed by atoms with van der Waals surface area (Å²) in [4.78, 5) is 5.10. The Bertz CT molecular complexity index is 1100. The average Bonchev–Trinajstić information content (AvgIpc) is 3.42. The van der Waals surface area contributed by atoms with Gasteiger partial charge >= 0.3 is 0 Å². The maximum Gasteiger partial charge on any atom is 0.114 e. The van der Waals surface area contributed by atoms with E-state index in [4.69, 9.17) is 0 Å². The van der Waals surface area contributed by atoms with Gasteiger partial charge in [-0.15, -0.1) is 34.0 Å². The van der Waals surface area contributed by atoms with Gasteiger partial charge in [-0.1, -0.05) is 24.3 Å². The van der Waals surface area contributed by atoms with Crippen LogP contribution < -0.4 is 0 Å². The lowest BCUT2D eigenvalue weighted by Crippen LogP contribution is -1.81. The molecule has 2 nitrogen and oxygen atoms in total. The summed E-state index contributed by atoms with van der Waals surface area (Å²) < 4.78 is 9.14. The molecule has 5 rings (SSSR count). The first kappa shape index (κ1) is 14.5. The maximum absolute atomic E-state index is 4.58. The van der Waals surface area contributed by atoms with Crippen LogP contribution >= 0.6 is 45.7 Å². The molecule has 4 heterocycles. The predicted octanol–water partition coefficient (Wildman–Crippen LogP) is 6.88. The molecule has 4 aromatic heterocycles. The van der Waals surface area contributed by atoms with Crippen molar-refractivity contribution in [3.63, 3.8) is 0 Å². The Morgan fingerprint density at radius 2 is 1.21 bits per heavy atom. The van der Waals surface area contributed by atoms with E-state index in [0.29, 0.717) is 0 Å². The molecule has 24 heavy (non-hydrogen) atoms. The van der Waals surface area contributed by atoms with Crippen LogP contribution in [0.3, 0.4) is 0 Å². The molecule has 0 aliphatic rings. The summed E-state index contributed by atoms with van der Waals surface area (Å²) in [5, 5.41) is 4.22. The van der Waals surface area contributed by atoms with Crippen LogP contribution in [0.2, 0.25) is 0 Å². The van der Waals surface area contributed by atoms with Crippen LogP contribution in [0.1, 0.15) is 0 Å². The lowest BCUT2D eigenvalue weighted by molar-refractivity contribution is 1.63. The first-order valence-electron chi connectivity index (χ1n) is 7.33. The molecule has 0 saturated carbocycles. The van der Waals surface area contributed by atoms with Crippen molar-refractivity contribution in [2.75, 3.05) is 0 Å². The van der Waals surface area contributed by atoms with E-state index >= 15 is 0 Å². The first-order chi connectivity index (χ1) is 11.9. The van der Waals surface area contributed by atoms with Crippen molar-refractivity contribution in [2.45, 2.75) is 0 Å². The summed E-state index contributed by atoms with van der Waals surface area (Å²) in [6.45, 7) is 0. The second-order valence-corrected chi connectivity index (χ2v) is 8.75. The van der Waals surface area contributed by atoms with Gasteiger partial charge in [0.25, 0.3) is 0 Å². The number of nitrogens with zero attached hydrogens (tertiary/aromatic N) is 2. The Morgan fingerprint density at radius 1 is 0.583 bits per heavy atom. The van der Waals surface area contributed by atoms with E-state index in [0.717, 1.165) is 11.0 Å². The molecule has 5 aromatic rings. The van der Waals surface area contributed by atoms with Gasteiger partial charge in [0.1, 0.15) is 11.0 Å². The third kappa shape index (κ3) is 2.34. The number of benzene rings is 1. The Hall–Kier alpha value is -1.86. The Balaban J connectivity index is 1.66. The maximum atomic E-state index is 4.58. The number of fused-ring (bicyclic) bond motifs is 1. The number of rotatable bonds is 3. The van der Waals surface area contributed by atoms with Crippen LogP contribution in [0.5, 0.6) is 0 Å². The SMILES string of the molecule is c1csc(-c2ccc(-c3ccc(-c4cccs4)c4nsnc34)s2)c1. The quantitative estimate of drug-likeness (QED) is 0.340. The molecule has 0 amide bonds. The minimum absolute atomic E-state index is 1.01. The summed E-state index contributed by atoms with van der Waals surface area (Å²) in [5.74, 6) is 0. The number of hydrogen-bond donors (Lipinski definition) is 0. The molecular weight excluding hydrogens is 372 g/mol. The molecule has 0 bridgehead atoms. The van der Waals surface area contributed by atoms with Crippen molar-refractivity contribution in [3.8, 4) is 30.6 Å². The van der Waals surface area contributed by atoms with Gasteiger partial charge in [-0.05, 0) is 35.0 Å². The summed E-state index contributed by atoms with van der Waals surface area (Å²) in [7, 11) is 0. The molecule has 0 saturated heterocycles. The fourth-order valence-electron chi connectivity index (χ4n) is 2.73. The molecule has 0 radical (unpaired) electrons. The molecule has 0 N–H and O–H groups in total. The molecule has 0 fully saturated rings. The van der Waals surface area contributed by atoms with Crippen molar-refractivity contribution in [2.24, 2.45) is 0 Å². The molecular formula is C18H10N2S4. The molecule has 0 unspecified atom stereocenters. The average molecular weight is 383 g/mol. The standard InChI is InChI=1S/C18H10N2S4/c1-3-13(21-9-1)11-5-6-12(18-17(11)19-24-20-18)14-7-8-16(23-14)15-4-2-10-22-15/h1-10H. The van der Waals surface area contributed by atoms with Gasteiger partial charge in [0.2, 0.25) is 0 Å². The highest BCUT2D eigenvalue weighted by molar-refractivity contribution is 7.23. The number of aromatic nitrogens is 2. The Kier molecular flexibility index (Phi) is 3.56. The van der Waals surface area contributed by atoms with Crippen LogP contribution in [0.15, 0.2) is 59.3 Å². The van der Waals surface area contributed by atoms with E-state index in [2.05, 4.69) is 68.0 Å². The highest BCUT2D eigenvalue weighted by Crippen LogP contribution is 2.41. The summed E-state index contributed by atoms with van der Waals surface area (Å²) >= 11 is 6.62. The molecule has 0 aliphatic heterocycles. The molecule has 0 spiro atoms. The molecule has 0 aliphatic carbocycles. The zero-order valence-electron chi connectivity index (χ0n) is 12.3. The van der Waals surface area contributed by atoms with Crippen LogP contribution in [-0.4, -0.2) is 8.75 Å². The largest absolute Gasteiger partial charge is 0.172 e. The van der Waals surface area contributed by atoms with E-state index in [-0.39, 0.29) is 0 Å².